The van der Waals surface area contributed by atoms with Gasteiger partial charge in [-0.1, -0.05) is 22.7 Å². The quantitative estimate of drug-likeness (QED) is 0.783. The van der Waals surface area contributed by atoms with Crippen molar-refractivity contribution in [1.82, 2.24) is 4.90 Å². The molecule has 0 bridgehead atoms. The van der Waals surface area contributed by atoms with Gasteiger partial charge in [-0.05, 0) is 48.3 Å². The number of halogens is 2. The van der Waals surface area contributed by atoms with Gasteiger partial charge >= 0.3 is 0 Å². The van der Waals surface area contributed by atoms with Crippen LogP contribution in [0.5, 0.6) is 5.75 Å². The van der Waals surface area contributed by atoms with Crippen LogP contribution in [0.25, 0.3) is 0 Å². The van der Waals surface area contributed by atoms with E-state index in [1.165, 1.54) is 17.2 Å². The summed E-state index contributed by atoms with van der Waals surface area (Å²) in [4.78, 5) is 14.2. The normalized spacial score (nSPS) is 15.9. The Hall–Kier alpha value is -1.00. The van der Waals surface area contributed by atoms with E-state index in [1.54, 1.807) is 11.0 Å². The van der Waals surface area contributed by atoms with Crippen LogP contribution in [0.1, 0.15) is 30.6 Å². The maximum atomic E-state index is 12.4. The second-order valence-electron chi connectivity index (χ2n) is 4.82. The van der Waals surface area contributed by atoms with Gasteiger partial charge in [0.1, 0.15) is 5.75 Å². The van der Waals surface area contributed by atoms with E-state index in [-0.39, 0.29) is 17.2 Å². The molecule has 0 saturated carbocycles. The molecule has 1 aromatic rings. The number of phenolic OH excluding ortho intramolecular Hbond substituents is 1. The number of nitrogens with zero attached hydrogens (tertiary/aromatic N) is 1. The molecule has 102 valence electrons. The maximum absolute atomic E-state index is 12.4. The minimum Gasteiger partial charge on any atom is -0.506 e. The van der Waals surface area contributed by atoms with Crippen molar-refractivity contribution in [3.05, 3.63) is 38.3 Å². The van der Waals surface area contributed by atoms with Crippen LogP contribution >= 0.6 is 27.5 Å². The standard InChI is InChI=1S/C14H15BrClNO2/c1-8-3-4-17(7-9(8)2)14(19)11-5-10(16)6-12(15)13(11)18/h5-6,18H,3-4,7H2,1-2H3. The third kappa shape index (κ3) is 2.95. The van der Waals surface area contributed by atoms with E-state index in [0.717, 1.165) is 6.42 Å². The lowest BCUT2D eigenvalue weighted by molar-refractivity contribution is 0.0760. The summed E-state index contributed by atoms with van der Waals surface area (Å²) in [5.74, 6) is -0.245. The predicted molar refractivity (Wildman–Crippen MR) is 79.7 cm³/mol. The first-order valence-corrected chi connectivity index (χ1v) is 7.19. The van der Waals surface area contributed by atoms with Gasteiger partial charge in [-0.2, -0.15) is 0 Å². The van der Waals surface area contributed by atoms with E-state index in [4.69, 9.17) is 11.6 Å². The van der Waals surface area contributed by atoms with Gasteiger partial charge in [-0.15, -0.1) is 0 Å². The van der Waals surface area contributed by atoms with E-state index in [0.29, 0.717) is 22.6 Å². The Morgan fingerprint density at radius 3 is 2.68 bits per heavy atom. The summed E-state index contributed by atoms with van der Waals surface area (Å²) in [6.45, 7) is 5.40. The molecule has 0 spiro atoms. The van der Waals surface area contributed by atoms with E-state index in [1.807, 2.05) is 6.92 Å². The molecule has 1 amide bonds. The number of phenols is 1. The first-order chi connectivity index (χ1) is 8.90. The minimum atomic E-state index is -0.187. The van der Waals surface area contributed by atoms with Gasteiger partial charge in [0.2, 0.25) is 0 Å². The van der Waals surface area contributed by atoms with Crippen LogP contribution < -0.4 is 0 Å². The van der Waals surface area contributed by atoms with Gasteiger partial charge in [0, 0.05) is 18.1 Å². The minimum absolute atomic E-state index is 0.0571. The molecule has 1 aliphatic heterocycles. The molecule has 3 nitrogen and oxygen atoms in total. The second kappa shape index (κ2) is 5.55. The summed E-state index contributed by atoms with van der Waals surface area (Å²) in [7, 11) is 0. The highest BCUT2D eigenvalue weighted by molar-refractivity contribution is 9.10. The number of carbonyl (C=O) groups excluding carboxylic acids is 1. The van der Waals surface area contributed by atoms with Gasteiger partial charge in [0.15, 0.2) is 0 Å². The third-order valence-electron chi connectivity index (χ3n) is 3.46. The SMILES string of the molecule is CC1=C(C)CN(C(=O)c2cc(Cl)cc(Br)c2O)CC1. The number of amides is 1. The first-order valence-electron chi connectivity index (χ1n) is 6.02. The molecule has 0 saturated heterocycles. The molecule has 19 heavy (non-hydrogen) atoms. The lowest BCUT2D eigenvalue weighted by atomic mass is 10.0. The lowest BCUT2D eigenvalue weighted by Crippen LogP contribution is -2.36. The highest BCUT2D eigenvalue weighted by Crippen LogP contribution is 2.33. The molecule has 0 aromatic heterocycles. The Bertz CT molecular complexity index is 569. The fourth-order valence-corrected chi connectivity index (χ4v) is 2.90. The highest BCUT2D eigenvalue weighted by atomic mass is 79.9. The smallest absolute Gasteiger partial charge is 0.258 e. The van der Waals surface area contributed by atoms with Crippen LogP contribution in [0, 0.1) is 0 Å². The third-order valence-corrected chi connectivity index (χ3v) is 4.28. The Morgan fingerprint density at radius 2 is 2.05 bits per heavy atom. The summed E-state index contributed by atoms with van der Waals surface area (Å²) in [6.07, 6.45) is 0.875. The van der Waals surface area contributed by atoms with Crippen LogP contribution in [-0.2, 0) is 0 Å². The van der Waals surface area contributed by atoms with Crippen molar-refractivity contribution in [2.24, 2.45) is 0 Å². The fourth-order valence-electron chi connectivity index (χ4n) is 2.09. The zero-order chi connectivity index (χ0) is 14.2. The molecule has 0 atom stereocenters. The molecule has 0 fully saturated rings. The summed E-state index contributed by atoms with van der Waals surface area (Å²) in [5, 5.41) is 10.4. The van der Waals surface area contributed by atoms with Gasteiger partial charge in [-0.25, -0.2) is 0 Å². The number of benzene rings is 1. The van der Waals surface area contributed by atoms with E-state index >= 15 is 0 Å². The molecule has 1 aromatic carbocycles. The summed E-state index contributed by atoms with van der Waals surface area (Å²) >= 11 is 9.13. The van der Waals surface area contributed by atoms with Crippen LogP contribution in [0.2, 0.25) is 5.02 Å². The van der Waals surface area contributed by atoms with Crippen LogP contribution in [0.3, 0.4) is 0 Å². The van der Waals surface area contributed by atoms with Gasteiger partial charge in [0.25, 0.3) is 5.91 Å². The molecule has 5 heteroatoms. The van der Waals surface area contributed by atoms with Gasteiger partial charge in [-0.3, -0.25) is 4.79 Å². The second-order valence-corrected chi connectivity index (χ2v) is 6.11. The van der Waals surface area contributed by atoms with Gasteiger partial charge < -0.3 is 10.0 Å². The van der Waals surface area contributed by atoms with Crippen molar-refractivity contribution in [2.45, 2.75) is 20.3 Å². The fraction of sp³-hybridized carbons (Fsp3) is 0.357. The summed E-state index contributed by atoms with van der Waals surface area (Å²) < 4.78 is 0.434. The van der Waals surface area contributed by atoms with E-state index in [2.05, 4.69) is 22.9 Å². The average molecular weight is 345 g/mol. The van der Waals surface area contributed by atoms with Crippen LogP contribution in [0.15, 0.2) is 27.8 Å². The number of hydrogen-bond donors (Lipinski definition) is 1. The molecule has 0 unspecified atom stereocenters. The molecular formula is C14H15BrClNO2. The Morgan fingerprint density at radius 1 is 1.37 bits per heavy atom. The molecule has 0 radical (unpaired) electrons. The maximum Gasteiger partial charge on any atom is 0.258 e. The van der Waals surface area contributed by atoms with Crippen LogP contribution in [0.4, 0.5) is 0 Å². The van der Waals surface area contributed by atoms with Crippen molar-refractivity contribution in [1.29, 1.82) is 0 Å². The molecule has 1 aliphatic rings. The molecular weight excluding hydrogens is 330 g/mol. The monoisotopic (exact) mass is 343 g/mol. The number of hydrogen-bond acceptors (Lipinski definition) is 2. The van der Waals surface area contributed by atoms with Crippen molar-refractivity contribution < 1.29 is 9.90 Å². The summed E-state index contributed by atoms with van der Waals surface area (Å²) in [5.41, 5.74) is 2.78. The number of aromatic hydroxyl groups is 1. The topological polar surface area (TPSA) is 40.5 Å². The van der Waals surface area contributed by atoms with E-state index < -0.39 is 0 Å². The highest BCUT2D eigenvalue weighted by Gasteiger charge is 2.23. The Labute approximate surface area is 126 Å². The Balaban J connectivity index is 2.31. The Kier molecular flexibility index (Phi) is 4.21. The molecule has 1 N–H and O–H groups in total. The van der Waals surface area contributed by atoms with Crippen molar-refractivity contribution in [2.75, 3.05) is 13.1 Å². The van der Waals surface area contributed by atoms with Crippen molar-refractivity contribution in [3.8, 4) is 5.75 Å². The number of rotatable bonds is 1. The van der Waals surface area contributed by atoms with Crippen molar-refractivity contribution >= 4 is 33.4 Å². The first kappa shape index (κ1) is 14.4. The average Bonchev–Trinajstić information content (AvgIpc) is 2.36. The zero-order valence-corrected chi connectivity index (χ0v) is 13.2. The van der Waals surface area contributed by atoms with Crippen molar-refractivity contribution in [3.63, 3.8) is 0 Å². The molecule has 2 rings (SSSR count). The van der Waals surface area contributed by atoms with Crippen LogP contribution in [-0.4, -0.2) is 29.0 Å². The molecule has 1 heterocycles. The van der Waals surface area contributed by atoms with E-state index in [9.17, 15) is 9.90 Å². The predicted octanol–water partition coefficient (Wildman–Crippen LogP) is 3.99. The van der Waals surface area contributed by atoms with Gasteiger partial charge in [0.05, 0.1) is 10.0 Å². The number of carbonyl (C=O) groups is 1. The largest absolute Gasteiger partial charge is 0.506 e. The lowest BCUT2D eigenvalue weighted by Gasteiger charge is -2.29. The molecule has 0 aliphatic carbocycles. The summed E-state index contributed by atoms with van der Waals surface area (Å²) in [6, 6.07) is 3.07. The zero-order valence-electron chi connectivity index (χ0n) is 10.8.